The molecule has 2 aromatic heterocycles. The Morgan fingerprint density at radius 1 is 0.592 bits per heavy atom. The topological polar surface area (TPSA) is 25.8 Å². The van der Waals surface area contributed by atoms with Crippen molar-refractivity contribution in [1.82, 2.24) is 9.97 Å². The first kappa shape index (κ1) is 36.8. The van der Waals surface area contributed by atoms with E-state index in [0.29, 0.717) is 0 Å². The largest absolute Gasteiger partial charge is 0.748 e. The average Bonchev–Trinajstić information content (AvgIpc) is 3.80. The van der Waals surface area contributed by atoms with Crippen LogP contribution in [0.4, 0.5) is 0 Å². The first-order valence-corrected chi connectivity index (χ1v) is 18.9. The molecule has 0 radical (unpaired) electrons. The zero-order chi connectivity index (χ0) is 33.9. The average molecular weight is 721 g/mol. The summed E-state index contributed by atoms with van der Waals surface area (Å²) in [6, 6.07) is 51.2. The van der Waals surface area contributed by atoms with Gasteiger partial charge in [-0.1, -0.05) is 132 Å². The fourth-order valence-electron chi connectivity index (χ4n) is 6.80. The number of hydrogen-bond acceptors (Lipinski definition) is 2. The van der Waals surface area contributed by atoms with Gasteiger partial charge >= 0.3 is 0 Å². The third kappa shape index (κ3) is 8.14. The molecule has 256 valence electrons. The molecule has 7 rings (SSSR count). The second kappa shape index (κ2) is 15.2. The Labute approximate surface area is 307 Å². The molecule has 2 heterocycles. The maximum atomic E-state index is 5.32. The zero-order valence-corrected chi connectivity index (χ0v) is 32.5. The maximum Gasteiger partial charge on any atom is 0.0710 e. The molecule has 0 fully saturated rings. The smallest absolute Gasteiger partial charge is 0.0710 e. The Morgan fingerprint density at radius 3 is 1.51 bits per heavy atom. The van der Waals surface area contributed by atoms with Crippen LogP contribution >= 0.6 is 17.2 Å². The van der Waals surface area contributed by atoms with Gasteiger partial charge in [0.15, 0.2) is 0 Å². The van der Waals surface area contributed by atoms with Crippen molar-refractivity contribution < 1.29 is 17.1 Å². The van der Waals surface area contributed by atoms with E-state index in [1.54, 1.807) is 0 Å². The van der Waals surface area contributed by atoms with Crippen molar-refractivity contribution in [3.05, 3.63) is 168 Å². The van der Waals surface area contributed by atoms with Gasteiger partial charge in [0.25, 0.3) is 0 Å². The Kier molecular flexibility index (Phi) is 11.4. The molecule has 0 aliphatic rings. The fourth-order valence-corrected chi connectivity index (χ4v) is 11.0. The van der Waals surface area contributed by atoms with E-state index in [9.17, 15) is 0 Å². The fraction of sp³-hybridized carbons (Fsp3) is 0.227. The van der Waals surface area contributed by atoms with Crippen LogP contribution in [0.25, 0.3) is 32.9 Å². The molecule has 0 spiro atoms. The minimum Gasteiger partial charge on any atom is -0.748 e. The van der Waals surface area contributed by atoms with Gasteiger partial charge < -0.3 is 30.3 Å². The van der Waals surface area contributed by atoms with Crippen LogP contribution in [-0.4, -0.2) is 20.3 Å². The summed E-state index contributed by atoms with van der Waals surface area (Å²) in [5.74, 6) is 0. The Hall–Kier alpha value is -3.44. The molecule has 0 N–H and O–H groups in total. The third-order valence-electron chi connectivity index (χ3n) is 9.02. The van der Waals surface area contributed by atoms with Crippen molar-refractivity contribution in [3.63, 3.8) is 0 Å². The minimum atomic E-state index is -0.646. The van der Waals surface area contributed by atoms with Crippen molar-refractivity contribution in [1.29, 1.82) is 0 Å². The normalized spacial score (nSPS) is 12.1. The molecule has 2 nitrogen and oxygen atoms in total. The number of nitrogens with zero attached hydrogens (tertiary/aromatic N) is 2. The minimum absolute atomic E-state index is 0. The molecule has 0 saturated carbocycles. The van der Waals surface area contributed by atoms with E-state index in [1.165, 1.54) is 22.3 Å². The summed E-state index contributed by atoms with van der Waals surface area (Å²) < 4.78 is 0. The number of para-hydroxylation sites is 2. The summed E-state index contributed by atoms with van der Waals surface area (Å²) in [7, 11) is 2.87. The monoisotopic (exact) mass is 720 g/mol. The summed E-state index contributed by atoms with van der Waals surface area (Å²) in [5, 5.41) is 2.03. The molecule has 7 aromatic rings. The number of hydrogen-bond donors (Lipinski definition) is 0. The summed E-state index contributed by atoms with van der Waals surface area (Å²) >= 11 is 0. The van der Waals surface area contributed by atoms with Gasteiger partial charge in [0.2, 0.25) is 0 Å². The Morgan fingerprint density at radius 2 is 1.04 bits per heavy atom. The van der Waals surface area contributed by atoms with Gasteiger partial charge in [0.05, 0.1) is 27.6 Å². The first-order chi connectivity index (χ1) is 22.9. The van der Waals surface area contributed by atoms with Gasteiger partial charge in [-0.3, -0.25) is 9.97 Å². The van der Waals surface area contributed by atoms with E-state index in [-0.39, 0.29) is 35.3 Å². The summed E-state index contributed by atoms with van der Waals surface area (Å²) in [6.07, 6.45) is 1.03. The van der Waals surface area contributed by atoms with Crippen LogP contribution in [0.1, 0.15) is 64.1 Å². The van der Waals surface area contributed by atoms with Crippen LogP contribution in [-0.2, 0) is 28.4 Å². The standard InChI is InChI=1S/C39H41N2P2.C5H5.Fe/c1-37(2,3)43(38(4,5)6)26-31-24-30(27-14-8-7-9-15-27)25-32(31)39(42,35-22-20-28-16-10-12-18-33(28)40-35)36-23-21-29-17-11-13-19-34(29)41-36;1-2-4-5-3-1;/h7-25H,26,42H2,1-6H3;1-5H;/q-1;-5;. The van der Waals surface area contributed by atoms with Crippen molar-refractivity contribution in [3.8, 4) is 11.1 Å². The summed E-state index contributed by atoms with van der Waals surface area (Å²) in [6.45, 7) is 14.5. The number of rotatable bonds is 6. The molecule has 0 amide bonds. The van der Waals surface area contributed by atoms with Gasteiger partial charge in [-0.15, -0.1) is 28.3 Å². The van der Waals surface area contributed by atoms with Crippen LogP contribution in [0.2, 0.25) is 0 Å². The van der Waals surface area contributed by atoms with E-state index in [2.05, 4.69) is 166 Å². The van der Waals surface area contributed by atoms with E-state index in [0.717, 1.165) is 39.4 Å². The van der Waals surface area contributed by atoms with E-state index >= 15 is 0 Å². The second-order valence-corrected chi connectivity index (χ2v) is 19.2. The number of fused-ring (bicyclic) bond motifs is 2. The van der Waals surface area contributed by atoms with Crippen molar-refractivity contribution in [2.24, 2.45) is 0 Å². The number of pyridine rings is 2. The quantitative estimate of drug-likeness (QED) is 0.0971. The van der Waals surface area contributed by atoms with Crippen LogP contribution in [0, 0.1) is 0 Å². The molecule has 0 aliphatic carbocycles. The van der Waals surface area contributed by atoms with E-state index in [1.807, 2.05) is 30.3 Å². The van der Waals surface area contributed by atoms with Gasteiger partial charge in [-0.05, 0) is 34.6 Å². The summed E-state index contributed by atoms with van der Waals surface area (Å²) in [4.78, 5) is 10.6. The molecular weight excluding hydrogens is 674 g/mol. The number of aromatic nitrogens is 2. The van der Waals surface area contributed by atoms with Gasteiger partial charge in [-0.25, -0.2) is 6.07 Å². The third-order valence-corrected chi connectivity index (χ3v) is 13.8. The first-order valence-electron chi connectivity index (χ1n) is 16.8. The molecule has 49 heavy (non-hydrogen) atoms. The molecule has 0 bridgehead atoms. The van der Waals surface area contributed by atoms with Crippen molar-refractivity contribution in [2.45, 2.75) is 63.2 Å². The molecule has 1 unspecified atom stereocenters. The Bertz CT molecular complexity index is 1990. The van der Waals surface area contributed by atoms with Crippen LogP contribution in [0.15, 0.2) is 146 Å². The van der Waals surface area contributed by atoms with Gasteiger partial charge in [-0.2, -0.15) is 11.6 Å². The molecule has 5 aromatic carbocycles. The molecular formula is C44H46FeN2P2-6. The van der Waals surface area contributed by atoms with Crippen molar-refractivity contribution >= 4 is 39.0 Å². The van der Waals surface area contributed by atoms with Crippen LogP contribution in [0.3, 0.4) is 0 Å². The van der Waals surface area contributed by atoms with E-state index in [4.69, 9.17) is 9.97 Å². The van der Waals surface area contributed by atoms with Crippen molar-refractivity contribution in [2.75, 3.05) is 0 Å². The predicted octanol–water partition coefficient (Wildman–Crippen LogP) is 12.3. The SMILES string of the molecule is CC(C)(C)P(C[c-]1cc(-c2ccccc2)cc1C(P)(c1ccc2ccccc2n1)c1ccc2ccccc2n1)C(C)(C)C.[Fe].[cH-]1[cH-][cH-][cH-][cH-]1. The van der Waals surface area contributed by atoms with Crippen LogP contribution < -0.4 is 0 Å². The number of benzene rings is 3. The zero-order valence-electron chi connectivity index (χ0n) is 29.3. The molecule has 1 atom stereocenters. The second-order valence-electron chi connectivity index (χ2n) is 14.5. The summed E-state index contributed by atoms with van der Waals surface area (Å²) in [5.41, 5.74) is 9.10. The Balaban J connectivity index is 0.000000717. The predicted molar refractivity (Wildman–Crippen MR) is 213 cm³/mol. The molecule has 0 aliphatic heterocycles. The van der Waals surface area contributed by atoms with Gasteiger partial charge in [0.1, 0.15) is 0 Å². The van der Waals surface area contributed by atoms with Crippen LogP contribution in [0.5, 0.6) is 0 Å². The molecule has 5 heteroatoms. The van der Waals surface area contributed by atoms with Gasteiger partial charge in [0, 0.05) is 27.8 Å². The molecule has 0 saturated heterocycles. The van der Waals surface area contributed by atoms with E-state index < -0.39 is 5.16 Å². The maximum absolute atomic E-state index is 5.32.